The molecule has 0 saturated carbocycles. The summed E-state index contributed by atoms with van der Waals surface area (Å²) in [5.74, 6) is 0.182. The Balaban J connectivity index is 1.95. The Hall–Kier alpha value is -0.290. The van der Waals surface area contributed by atoms with Crippen molar-refractivity contribution in [2.45, 2.75) is 76.9 Å². The Bertz CT molecular complexity index is 337. The molecule has 1 unspecified atom stereocenters. The number of amides is 1. The number of rotatable bonds is 12. The van der Waals surface area contributed by atoms with E-state index in [0.717, 1.165) is 30.4 Å². The highest BCUT2D eigenvalue weighted by Crippen LogP contribution is 2.27. The summed E-state index contributed by atoms with van der Waals surface area (Å²) in [5.41, 5.74) is 0. The lowest BCUT2D eigenvalue weighted by molar-refractivity contribution is -0.121. The summed E-state index contributed by atoms with van der Waals surface area (Å²) in [4.78, 5) is 14.1. The van der Waals surface area contributed by atoms with Gasteiger partial charge in [-0.05, 0) is 13.3 Å². The highest BCUT2D eigenvalue weighted by molar-refractivity contribution is 8.23. The van der Waals surface area contributed by atoms with Gasteiger partial charge in [-0.3, -0.25) is 4.79 Å². The van der Waals surface area contributed by atoms with Crippen LogP contribution < -0.4 is 5.32 Å². The topological polar surface area (TPSA) is 32.3 Å². The number of carbonyl (C=O) groups is 1. The highest BCUT2D eigenvalue weighted by Gasteiger charge is 2.27. The first-order valence-corrected chi connectivity index (χ1v) is 10.2. The third-order valence-corrected chi connectivity index (χ3v) is 5.75. The standard InChI is InChI=1S/C17H32N2OS2/c1-3-5-6-7-8-9-10-11-12-18-16(20)13-15-14-19(4-2)17(21)22-15/h15H,3-14H2,1-2H3,(H,18,20). The van der Waals surface area contributed by atoms with Crippen molar-refractivity contribution in [2.75, 3.05) is 19.6 Å². The molecule has 1 aliphatic heterocycles. The van der Waals surface area contributed by atoms with Crippen molar-refractivity contribution in [1.82, 2.24) is 10.2 Å². The average molecular weight is 345 g/mol. The van der Waals surface area contributed by atoms with Gasteiger partial charge >= 0.3 is 0 Å². The maximum Gasteiger partial charge on any atom is 0.221 e. The second kappa shape index (κ2) is 12.2. The molecule has 3 nitrogen and oxygen atoms in total. The van der Waals surface area contributed by atoms with Gasteiger partial charge in [-0.25, -0.2) is 0 Å². The van der Waals surface area contributed by atoms with Crippen LogP contribution >= 0.6 is 24.0 Å². The van der Waals surface area contributed by atoms with Crippen LogP contribution in [-0.2, 0) is 4.79 Å². The molecule has 5 heteroatoms. The first-order valence-electron chi connectivity index (χ1n) is 8.89. The number of hydrogen-bond acceptors (Lipinski definition) is 3. The molecule has 1 atom stereocenters. The number of carbonyl (C=O) groups excluding carboxylic acids is 1. The molecule has 1 heterocycles. The number of nitrogens with one attached hydrogen (secondary N) is 1. The number of thiocarbonyl (C=S) groups is 1. The minimum atomic E-state index is 0.182. The summed E-state index contributed by atoms with van der Waals surface area (Å²) in [7, 11) is 0. The molecule has 128 valence electrons. The minimum absolute atomic E-state index is 0.182. The zero-order valence-corrected chi connectivity index (χ0v) is 15.9. The number of thioether (sulfide) groups is 1. The maximum absolute atomic E-state index is 11.9. The summed E-state index contributed by atoms with van der Waals surface area (Å²) in [6.45, 7) is 7.05. The third-order valence-electron chi connectivity index (χ3n) is 4.10. The Morgan fingerprint density at radius 2 is 1.82 bits per heavy atom. The van der Waals surface area contributed by atoms with Crippen molar-refractivity contribution in [2.24, 2.45) is 0 Å². The smallest absolute Gasteiger partial charge is 0.221 e. The molecule has 0 radical (unpaired) electrons. The molecule has 1 rings (SSSR count). The largest absolute Gasteiger partial charge is 0.357 e. The predicted octanol–water partition coefficient (Wildman–Crippen LogP) is 4.36. The van der Waals surface area contributed by atoms with Crippen molar-refractivity contribution in [3.8, 4) is 0 Å². The Morgan fingerprint density at radius 3 is 2.41 bits per heavy atom. The van der Waals surface area contributed by atoms with E-state index < -0.39 is 0 Å². The van der Waals surface area contributed by atoms with Gasteiger partial charge in [-0.2, -0.15) is 0 Å². The summed E-state index contributed by atoms with van der Waals surface area (Å²) >= 11 is 6.98. The van der Waals surface area contributed by atoms with Gasteiger partial charge in [0.05, 0.1) is 0 Å². The SMILES string of the molecule is CCCCCCCCCCNC(=O)CC1CN(CC)C(=S)S1. The van der Waals surface area contributed by atoms with Gasteiger partial charge in [0.25, 0.3) is 0 Å². The first kappa shape index (κ1) is 19.8. The Kier molecular flexibility index (Phi) is 10.9. The highest BCUT2D eigenvalue weighted by atomic mass is 32.2. The predicted molar refractivity (Wildman–Crippen MR) is 101 cm³/mol. The monoisotopic (exact) mass is 344 g/mol. The second-order valence-corrected chi connectivity index (χ2v) is 8.01. The maximum atomic E-state index is 11.9. The van der Waals surface area contributed by atoms with E-state index in [4.69, 9.17) is 12.2 Å². The van der Waals surface area contributed by atoms with Crippen LogP contribution in [0.3, 0.4) is 0 Å². The van der Waals surface area contributed by atoms with Crippen LogP contribution in [-0.4, -0.2) is 40.0 Å². The van der Waals surface area contributed by atoms with E-state index >= 15 is 0 Å². The molecule has 1 amide bonds. The van der Waals surface area contributed by atoms with Gasteiger partial charge in [-0.15, -0.1) is 0 Å². The van der Waals surface area contributed by atoms with Crippen molar-refractivity contribution in [3.63, 3.8) is 0 Å². The molecule has 0 aromatic rings. The minimum Gasteiger partial charge on any atom is -0.357 e. The van der Waals surface area contributed by atoms with Crippen LogP contribution in [0.2, 0.25) is 0 Å². The summed E-state index contributed by atoms with van der Waals surface area (Å²) in [6, 6.07) is 0. The molecule has 0 bridgehead atoms. The lowest BCUT2D eigenvalue weighted by Gasteiger charge is -2.13. The molecule has 0 aliphatic carbocycles. The normalized spacial score (nSPS) is 18.0. The van der Waals surface area contributed by atoms with Crippen LogP contribution in [0, 0.1) is 0 Å². The van der Waals surface area contributed by atoms with Crippen LogP contribution in [0.1, 0.15) is 71.6 Å². The molecule has 22 heavy (non-hydrogen) atoms. The van der Waals surface area contributed by atoms with Gasteiger partial charge in [0, 0.05) is 31.3 Å². The fourth-order valence-electron chi connectivity index (χ4n) is 2.70. The van der Waals surface area contributed by atoms with Crippen LogP contribution in [0.4, 0.5) is 0 Å². The van der Waals surface area contributed by atoms with E-state index in [-0.39, 0.29) is 5.91 Å². The summed E-state index contributed by atoms with van der Waals surface area (Å²) < 4.78 is 0.948. The fraction of sp³-hybridized carbons (Fsp3) is 0.882. The van der Waals surface area contributed by atoms with Gasteiger partial charge < -0.3 is 10.2 Å². The van der Waals surface area contributed by atoms with E-state index in [1.54, 1.807) is 11.8 Å². The molecule has 0 aromatic heterocycles. The molecule has 0 spiro atoms. The quantitative estimate of drug-likeness (QED) is 0.421. The van der Waals surface area contributed by atoms with E-state index in [1.165, 1.54) is 44.9 Å². The molecule has 0 aromatic carbocycles. The number of nitrogens with zero attached hydrogens (tertiary/aromatic N) is 1. The van der Waals surface area contributed by atoms with E-state index in [9.17, 15) is 4.79 Å². The summed E-state index contributed by atoms with van der Waals surface area (Å²) in [5, 5.41) is 3.39. The van der Waals surface area contributed by atoms with Crippen LogP contribution in [0.5, 0.6) is 0 Å². The number of hydrogen-bond donors (Lipinski definition) is 1. The van der Waals surface area contributed by atoms with Crippen LogP contribution in [0.15, 0.2) is 0 Å². The third kappa shape index (κ3) is 8.37. The van der Waals surface area contributed by atoms with E-state index in [1.807, 2.05) is 0 Å². The molecule has 1 N–H and O–H groups in total. The van der Waals surface area contributed by atoms with Crippen molar-refractivity contribution >= 4 is 34.2 Å². The Labute approximate surface area is 146 Å². The lowest BCUT2D eigenvalue weighted by atomic mass is 10.1. The van der Waals surface area contributed by atoms with Crippen LogP contribution in [0.25, 0.3) is 0 Å². The van der Waals surface area contributed by atoms with E-state index in [2.05, 4.69) is 24.1 Å². The number of unbranched alkanes of at least 4 members (excludes halogenated alkanes) is 7. The van der Waals surface area contributed by atoms with E-state index in [0.29, 0.717) is 11.7 Å². The molecular formula is C17H32N2OS2. The van der Waals surface area contributed by atoms with Gasteiger partial charge in [0.2, 0.25) is 5.91 Å². The zero-order chi connectivity index (χ0) is 16.2. The Morgan fingerprint density at radius 1 is 1.18 bits per heavy atom. The zero-order valence-electron chi connectivity index (χ0n) is 14.2. The average Bonchev–Trinajstić information content (AvgIpc) is 2.85. The molecule has 1 saturated heterocycles. The molecule has 1 aliphatic rings. The van der Waals surface area contributed by atoms with Crippen molar-refractivity contribution in [1.29, 1.82) is 0 Å². The van der Waals surface area contributed by atoms with Gasteiger partial charge in [-0.1, -0.05) is 75.8 Å². The second-order valence-electron chi connectivity index (χ2n) is 6.07. The summed E-state index contributed by atoms with van der Waals surface area (Å²) in [6.07, 6.45) is 11.0. The van der Waals surface area contributed by atoms with Gasteiger partial charge in [0.1, 0.15) is 4.32 Å². The molecular weight excluding hydrogens is 312 g/mol. The molecule has 1 fully saturated rings. The lowest BCUT2D eigenvalue weighted by Crippen LogP contribution is -2.29. The van der Waals surface area contributed by atoms with Crippen molar-refractivity contribution < 1.29 is 4.79 Å². The first-order chi connectivity index (χ1) is 10.7. The van der Waals surface area contributed by atoms with Gasteiger partial charge in [0.15, 0.2) is 0 Å². The fourth-order valence-corrected chi connectivity index (χ4v) is 4.44. The van der Waals surface area contributed by atoms with Crippen molar-refractivity contribution in [3.05, 3.63) is 0 Å².